The molecular formula is C16H19NO5. The van der Waals surface area contributed by atoms with Crippen LogP contribution in [-0.2, 0) is 9.53 Å². The monoisotopic (exact) mass is 305 g/mol. The number of rotatable bonds is 4. The molecule has 22 heavy (non-hydrogen) atoms. The van der Waals surface area contributed by atoms with Crippen molar-refractivity contribution in [3.63, 3.8) is 0 Å². The van der Waals surface area contributed by atoms with E-state index in [2.05, 4.69) is 9.72 Å². The van der Waals surface area contributed by atoms with E-state index in [0.29, 0.717) is 24.7 Å². The number of nitrogens with zero attached hydrogens (tertiary/aromatic N) is 1. The molecule has 1 aromatic carbocycles. The van der Waals surface area contributed by atoms with Crippen LogP contribution in [0.3, 0.4) is 0 Å². The maximum atomic E-state index is 10.2. The van der Waals surface area contributed by atoms with Gasteiger partial charge in [0.05, 0.1) is 12.8 Å². The van der Waals surface area contributed by atoms with Gasteiger partial charge in [-0.05, 0) is 37.3 Å². The molecule has 0 bridgehead atoms. The Morgan fingerprint density at radius 3 is 2.14 bits per heavy atom. The van der Waals surface area contributed by atoms with E-state index in [1.165, 1.54) is 24.4 Å². The number of carbonyl (C=O) groups is 1. The van der Waals surface area contributed by atoms with Crippen LogP contribution in [0.1, 0.15) is 20.3 Å². The highest BCUT2D eigenvalue weighted by molar-refractivity contribution is 5.68. The maximum Gasteiger partial charge on any atom is 0.305 e. The van der Waals surface area contributed by atoms with Gasteiger partial charge < -0.3 is 19.7 Å². The summed E-state index contributed by atoms with van der Waals surface area (Å²) in [5, 5.41) is 18.1. The average molecular weight is 305 g/mol. The van der Waals surface area contributed by atoms with Crippen LogP contribution in [0.5, 0.6) is 23.1 Å². The topological polar surface area (TPSA) is 88.9 Å². The number of aromatic nitrogens is 1. The van der Waals surface area contributed by atoms with Gasteiger partial charge in [0.25, 0.3) is 0 Å². The predicted molar refractivity (Wildman–Crippen MR) is 81.0 cm³/mol. The maximum absolute atomic E-state index is 10.2. The van der Waals surface area contributed by atoms with E-state index in [1.54, 1.807) is 32.0 Å². The third-order valence-corrected chi connectivity index (χ3v) is 2.37. The number of ether oxygens (including phenoxy) is 2. The Morgan fingerprint density at radius 2 is 1.68 bits per heavy atom. The summed E-state index contributed by atoms with van der Waals surface area (Å²) in [7, 11) is 0. The lowest BCUT2D eigenvalue weighted by Gasteiger charge is -2.03. The van der Waals surface area contributed by atoms with Crippen molar-refractivity contribution in [2.24, 2.45) is 0 Å². The molecule has 0 aliphatic heterocycles. The van der Waals surface area contributed by atoms with Crippen LogP contribution in [0.15, 0.2) is 42.6 Å². The van der Waals surface area contributed by atoms with Gasteiger partial charge in [0.15, 0.2) is 0 Å². The first-order valence-electron chi connectivity index (χ1n) is 6.82. The van der Waals surface area contributed by atoms with E-state index < -0.39 is 0 Å². The Hall–Kier alpha value is -2.76. The van der Waals surface area contributed by atoms with Crippen molar-refractivity contribution in [3.8, 4) is 23.1 Å². The molecule has 0 aliphatic rings. The zero-order chi connectivity index (χ0) is 16.4. The summed E-state index contributed by atoms with van der Waals surface area (Å²) in [6.07, 6.45) is 1.78. The smallest absolute Gasteiger partial charge is 0.305 e. The van der Waals surface area contributed by atoms with Crippen molar-refractivity contribution in [2.75, 3.05) is 6.61 Å². The first kappa shape index (κ1) is 17.3. The summed E-state index contributed by atoms with van der Waals surface area (Å²) in [5.41, 5.74) is 0. The molecule has 0 radical (unpaired) electrons. The molecule has 1 heterocycles. The largest absolute Gasteiger partial charge is 0.508 e. The molecule has 2 aromatic rings. The van der Waals surface area contributed by atoms with Crippen LogP contribution in [0, 0.1) is 0 Å². The molecule has 6 nitrogen and oxygen atoms in total. The quantitative estimate of drug-likeness (QED) is 0.843. The molecule has 0 amide bonds. The second kappa shape index (κ2) is 9.23. The number of hydrogen-bond donors (Lipinski definition) is 2. The number of hydrogen-bond acceptors (Lipinski definition) is 6. The van der Waals surface area contributed by atoms with Crippen LogP contribution in [-0.4, -0.2) is 27.8 Å². The Labute approximate surface area is 129 Å². The highest BCUT2D eigenvalue weighted by atomic mass is 16.5. The molecule has 0 aliphatic carbocycles. The fourth-order valence-electron chi connectivity index (χ4n) is 1.33. The van der Waals surface area contributed by atoms with Gasteiger partial charge in [-0.3, -0.25) is 4.79 Å². The van der Waals surface area contributed by atoms with Gasteiger partial charge in [0.2, 0.25) is 5.88 Å². The SMILES string of the molecule is CCOC(=O)CC.Oc1ccc(Oc2ccc(O)cn2)cc1. The fraction of sp³-hybridized carbons (Fsp3) is 0.250. The van der Waals surface area contributed by atoms with Crippen LogP contribution in [0.4, 0.5) is 0 Å². The number of carbonyl (C=O) groups excluding carboxylic acids is 1. The van der Waals surface area contributed by atoms with Gasteiger partial charge in [-0.1, -0.05) is 6.92 Å². The van der Waals surface area contributed by atoms with Crippen molar-refractivity contribution in [3.05, 3.63) is 42.6 Å². The summed E-state index contributed by atoms with van der Waals surface area (Å²) in [6.45, 7) is 4.07. The molecule has 118 valence electrons. The van der Waals surface area contributed by atoms with Crippen LogP contribution < -0.4 is 4.74 Å². The third-order valence-electron chi connectivity index (χ3n) is 2.37. The molecule has 0 spiro atoms. The lowest BCUT2D eigenvalue weighted by Crippen LogP contribution is -2.00. The van der Waals surface area contributed by atoms with Crippen LogP contribution >= 0.6 is 0 Å². The second-order valence-electron chi connectivity index (χ2n) is 4.11. The van der Waals surface area contributed by atoms with E-state index in [4.69, 9.17) is 14.9 Å². The Kier molecular flexibility index (Phi) is 7.25. The highest BCUT2D eigenvalue weighted by Gasteiger charge is 1.98. The minimum Gasteiger partial charge on any atom is -0.508 e. The van der Waals surface area contributed by atoms with E-state index in [0.717, 1.165) is 0 Å². The first-order valence-corrected chi connectivity index (χ1v) is 6.82. The van der Waals surface area contributed by atoms with E-state index in [1.807, 2.05) is 0 Å². The van der Waals surface area contributed by atoms with Crippen LogP contribution in [0.2, 0.25) is 0 Å². The highest BCUT2D eigenvalue weighted by Crippen LogP contribution is 2.22. The molecule has 1 aromatic heterocycles. The van der Waals surface area contributed by atoms with Gasteiger partial charge >= 0.3 is 5.97 Å². The van der Waals surface area contributed by atoms with Gasteiger partial charge in [0.1, 0.15) is 17.2 Å². The van der Waals surface area contributed by atoms with Crippen molar-refractivity contribution in [2.45, 2.75) is 20.3 Å². The van der Waals surface area contributed by atoms with E-state index in [-0.39, 0.29) is 17.5 Å². The Balaban J connectivity index is 0.000000295. The number of benzene rings is 1. The zero-order valence-electron chi connectivity index (χ0n) is 12.5. The zero-order valence-corrected chi connectivity index (χ0v) is 12.5. The predicted octanol–water partition coefficient (Wildman–Crippen LogP) is 3.24. The fourth-order valence-corrected chi connectivity index (χ4v) is 1.33. The lowest BCUT2D eigenvalue weighted by atomic mass is 10.3. The summed E-state index contributed by atoms with van der Waals surface area (Å²) in [4.78, 5) is 14.1. The van der Waals surface area contributed by atoms with E-state index >= 15 is 0 Å². The standard InChI is InChI=1S/C11H9NO3.C5H10O2/c13-8-1-4-10(5-2-8)15-11-6-3-9(14)7-12-11;1-3-5(6)7-4-2/h1-7,13-14H;3-4H2,1-2H3. The number of esters is 1. The normalized spacial score (nSPS) is 9.36. The number of aromatic hydroxyl groups is 2. The molecule has 0 fully saturated rings. The van der Waals surface area contributed by atoms with Gasteiger partial charge in [-0.15, -0.1) is 0 Å². The number of phenolic OH excluding ortho intramolecular Hbond substituents is 1. The summed E-state index contributed by atoms with van der Waals surface area (Å²) in [6, 6.07) is 9.35. The second-order valence-corrected chi connectivity index (χ2v) is 4.11. The Morgan fingerprint density at radius 1 is 1.05 bits per heavy atom. The molecule has 2 N–H and O–H groups in total. The molecular weight excluding hydrogens is 286 g/mol. The molecule has 2 rings (SSSR count). The average Bonchev–Trinajstić information content (AvgIpc) is 2.52. The Bertz CT molecular complexity index is 523. The van der Waals surface area contributed by atoms with Crippen LogP contribution in [0.25, 0.3) is 0 Å². The summed E-state index contributed by atoms with van der Waals surface area (Å²) in [5.74, 6) is 1.11. The lowest BCUT2D eigenvalue weighted by molar-refractivity contribution is -0.142. The number of pyridine rings is 1. The molecule has 0 saturated heterocycles. The van der Waals surface area contributed by atoms with Crippen molar-refractivity contribution in [1.82, 2.24) is 4.98 Å². The van der Waals surface area contributed by atoms with E-state index in [9.17, 15) is 4.79 Å². The van der Waals surface area contributed by atoms with Crippen molar-refractivity contribution in [1.29, 1.82) is 0 Å². The first-order chi connectivity index (χ1) is 10.5. The van der Waals surface area contributed by atoms with Gasteiger partial charge in [-0.25, -0.2) is 4.98 Å². The van der Waals surface area contributed by atoms with Gasteiger partial charge in [0, 0.05) is 12.5 Å². The molecule has 0 atom stereocenters. The van der Waals surface area contributed by atoms with Crippen molar-refractivity contribution < 1.29 is 24.5 Å². The molecule has 0 unspecified atom stereocenters. The third kappa shape index (κ3) is 6.60. The molecule has 0 saturated carbocycles. The number of phenols is 1. The van der Waals surface area contributed by atoms with Gasteiger partial charge in [-0.2, -0.15) is 0 Å². The molecule has 6 heteroatoms. The minimum absolute atomic E-state index is 0.0908. The minimum atomic E-state index is -0.123. The summed E-state index contributed by atoms with van der Waals surface area (Å²) < 4.78 is 9.91. The summed E-state index contributed by atoms with van der Waals surface area (Å²) >= 11 is 0. The van der Waals surface area contributed by atoms with Crippen molar-refractivity contribution >= 4 is 5.97 Å².